The van der Waals surface area contributed by atoms with Crippen molar-refractivity contribution in [2.45, 2.75) is 12.8 Å². The molecule has 2 saturated heterocycles. The van der Waals surface area contributed by atoms with Gasteiger partial charge in [-0.05, 0) is 42.3 Å². The van der Waals surface area contributed by atoms with Crippen LogP contribution in [0.2, 0.25) is 0 Å². The Morgan fingerprint density at radius 2 is 1.79 bits per heavy atom. The molecule has 0 atom stereocenters. The number of carbonyl (C=O) groups is 2. The first-order chi connectivity index (χ1) is 14.2. The van der Waals surface area contributed by atoms with Gasteiger partial charge in [0.1, 0.15) is 5.82 Å². The monoisotopic (exact) mass is 392 g/mol. The lowest BCUT2D eigenvalue weighted by molar-refractivity contribution is -0.117. The Labute approximate surface area is 170 Å². The highest BCUT2D eigenvalue weighted by Gasteiger charge is 2.21. The van der Waals surface area contributed by atoms with Gasteiger partial charge in [0.2, 0.25) is 11.8 Å². The van der Waals surface area contributed by atoms with Crippen LogP contribution in [0.4, 0.5) is 17.2 Å². The summed E-state index contributed by atoms with van der Waals surface area (Å²) in [4.78, 5) is 32.3. The number of pyridine rings is 1. The fourth-order valence-electron chi connectivity index (χ4n) is 3.49. The second-order valence-corrected chi connectivity index (χ2v) is 7.06. The van der Waals surface area contributed by atoms with Crippen LogP contribution in [0.1, 0.15) is 18.4 Å². The van der Waals surface area contributed by atoms with E-state index in [1.807, 2.05) is 30.3 Å². The normalized spacial score (nSPS) is 17.2. The first-order valence-corrected chi connectivity index (χ1v) is 9.87. The number of hydrogen-bond acceptors (Lipinski definition) is 5. The molecular weight excluding hydrogens is 368 g/mol. The molecule has 2 aliphatic heterocycles. The SMILES string of the molecule is O=C(/C=C/c1ccc(N2CCCC2=O)cc1)Nc1ccc(N2CCOCC2)cn1. The zero-order valence-electron chi connectivity index (χ0n) is 16.2. The quantitative estimate of drug-likeness (QED) is 0.792. The van der Waals surface area contributed by atoms with Crippen LogP contribution in [-0.4, -0.2) is 49.6 Å². The maximum Gasteiger partial charge on any atom is 0.249 e. The largest absolute Gasteiger partial charge is 0.378 e. The molecule has 1 N–H and O–H groups in total. The highest BCUT2D eigenvalue weighted by Crippen LogP contribution is 2.22. The number of nitrogens with zero attached hydrogens (tertiary/aromatic N) is 3. The van der Waals surface area contributed by atoms with Crippen molar-refractivity contribution in [2.24, 2.45) is 0 Å². The number of morpholine rings is 1. The Hall–Kier alpha value is -3.19. The van der Waals surface area contributed by atoms with Gasteiger partial charge < -0.3 is 19.9 Å². The molecule has 1 aromatic heterocycles. The van der Waals surface area contributed by atoms with Crippen LogP contribution in [0.5, 0.6) is 0 Å². The maximum atomic E-state index is 12.2. The number of benzene rings is 1. The average molecular weight is 392 g/mol. The van der Waals surface area contributed by atoms with E-state index in [2.05, 4.69) is 15.2 Å². The van der Waals surface area contributed by atoms with Crippen LogP contribution in [0, 0.1) is 0 Å². The lowest BCUT2D eigenvalue weighted by Gasteiger charge is -2.28. The molecule has 7 heteroatoms. The van der Waals surface area contributed by atoms with E-state index < -0.39 is 0 Å². The number of hydrogen-bond donors (Lipinski definition) is 1. The minimum atomic E-state index is -0.240. The molecule has 7 nitrogen and oxygen atoms in total. The second kappa shape index (κ2) is 8.87. The summed E-state index contributed by atoms with van der Waals surface area (Å²) in [5, 5.41) is 2.77. The predicted molar refractivity (Wildman–Crippen MR) is 113 cm³/mol. The molecule has 3 heterocycles. The molecule has 2 fully saturated rings. The van der Waals surface area contributed by atoms with Crippen LogP contribution in [0.25, 0.3) is 6.08 Å². The third-order valence-electron chi connectivity index (χ3n) is 5.08. The number of ether oxygens (including phenoxy) is 1. The predicted octanol–water partition coefficient (Wildman–Crippen LogP) is 2.70. The Bertz CT molecular complexity index is 887. The summed E-state index contributed by atoms with van der Waals surface area (Å²) < 4.78 is 5.35. The molecule has 2 aliphatic rings. The van der Waals surface area contributed by atoms with Gasteiger partial charge in [0.15, 0.2) is 0 Å². The van der Waals surface area contributed by atoms with Crippen molar-refractivity contribution in [1.29, 1.82) is 0 Å². The van der Waals surface area contributed by atoms with Crippen molar-refractivity contribution < 1.29 is 14.3 Å². The molecule has 4 rings (SSSR count). The van der Waals surface area contributed by atoms with E-state index in [0.717, 1.165) is 56.2 Å². The summed E-state index contributed by atoms with van der Waals surface area (Å²) in [5.41, 5.74) is 2.82. The second-order valence-electron chi connectivity index (χ2n) is 7.06. The van der Waals surface area contributed by atoms with Crippen LogP contribution >= 0.6 is 0 Å². The summed E-state index contributed by atoms with van der Waals surface area (Å²) >= 11 is 0. The topological polar surface area (TPSA) is 74.8 Å². The molecule has 0 spiro atoms. The van der Waals surface area contributed by atoms with Gasteiger partial charge in [-0.15, -0.1) is 0 Å². The number of anilines is 3. The molecule has 2 aromatic rings. The third kappa shape index (κ3) is 4.81. The molecule has 29 heavy (non-hydrogen) atoms. The van der Waals surface area contributed by atoms with Crippen molar-refractivity contribution in [1.82, 2.24) is 4.98 Å². The minimum Gasteiger partial charge on any atom is -0.378 e. The summed E-state index contributed by atoms with van der Waals surface area (Å²) in [6, 6.07) is 11.4. The van der Waals surface area contributed by atoms with Gasteiger partial charge in [-0.25, -0.2) is 4.98 Å². The summed E-state index contributed by atoms with van der Waals surface area (Å²) in [5.74, 6) is 0.440. The van der Waals surface area contributed by atoms with Gasteiger partial charge in [0.05, 0.1) is 25.1 Å². The number of nitrogens with one attached hydrogen (secondary N) is 1. The number of carbonyl (C=O) groups excluding carboxylic acids is 2. The van der Waals surface area contributed by atoms with Crippen LogP contribution in [0.15, 0.2) is 48.7 Å². The average Bonchev–Trinajstić information content (AvgIpc) is 3.20. The van der Waals surface area contributed by atoms with Gasteiger partial charge >= 0.3 is 0 Å². The van der Waals surface area contributed by atoms with E-state index in [-0.39, 0.29) is 11.8 Å². The zero-order chi connectivity index (χ0) is 20.1. The van der Waals surface area contributed by atoms with Crippen molar-refractivity contribution in [3.8, 4) is 0 Å². The van der Waals surface area contributed by atoms with E-state index in [0.29, 0.717) is 12.2 Å². The fraction of sp³-hybridized carbons (Fsp3) is 0.318. The molecule has 2 amide bonds. The standard InChI is InChI=1S/C22H24N4O3/c27-21(24-20-9-8-19(16-23-20)25-12-14-29-15-13-25)10-5-17-3-6-18(7-4-17)26-11-1-2-22(26)28/h3-10,16H,1-2,11-15H2,(H,23,24,27)/b10-5+. The van der Waals surface area contributed by atoms with Crippen LogP contribution < -0.4 is 15.1 Å². The van der Waals surface area contributed by atoms with Crippen LogP contribution in [-0.2, 0) is 14.3 Å². The highest BCUT2D eigenvalue weighted by molar-refractivity contribution is 6.01. The highest BCUT2D eigenvalue weighted by atomic mass is 16.5. The maximum absolute atomic E-state index is 12.2. The zero-order valence-corrected chi connectivity index (χ0v) is 16.2. The van der Waals surface area contributed by atoms with E-state index in [1.54, 1.807) is 23.2 Å². The van der Waals surface area contributed by atoms with Gasteiger partial charge in [-0.1, -0.05) is 12.1 Å². The molecule has 150 valence electrons. The van der Waals surface area contributed by atoms with Gasteiger partial charge in [0, 0.05) is 37.8 Å². The smallest absolute Gasteiger partial charge is 0.249 e. The molecular formula is C22H24N4O3. The van der Waals surface area contributed by atoms with Crippen molar-refractivity contribution in [2.75, 3.05) is 48.0 Å². The first kappa shape index (κ1) is 19.1. The molecule has 0 unspecified atom stereocenters. The van der Waals surface area contributed by atoms with Crippen LogP contribution in [0.3, 0.4) is 0 Å². The minimum absolute atomic E-state index is 0.166. The van der Waals surface area contributed by atoms with E-state index >= 15 is 0 Å². The van der Waals surface area contributed by atoms with E-state index in [9.17, 15) is 9.59 Å². The van der Waals surface area contributed by atoms with Crippen molar-refractivity contribution >= 4 is 35.1 Å². The van der Waals surface area contributed by atoms with E-state index in [4.69, 9.17) is 4.74 Å². The molecule has 1 aromatic carbocycles. The lowest BCUT2D eigenvalue weighted by atomic mass is 10.2. The van der Waals surface area contributed by atoms with Crippen molar-refractivity contribution in [3.05, 3.63) is 54.2 Å². The summed E-state index contributed by atoms with van der Waals surface area (Å²) in [6.45, 7) is 3.91. The fourth-order valence-corrected chi connectivity index (χ4v) is 3.49. The summed E-state index contributed by atoms with van der Waals surface area (Å²) in [7, 11) is 0. The number of amides is 2. The first-order valence-electron chi connectivity index (χ1n) is 9.87. The molecule has 0 radical (unpaired) electrons. The Kier molecular flexibility index (Phi) is 5.86. The van der Waals surface area contributed by atoms with Gasteiger partial charge in [0.25, 0.3) is 0 Å². The Morgan fingerprint density at radius 1 is 1.03 bits per heavy atom. The van der Waals surface area contributed by atoms with Gasteiger partial charge in [-0.3, -0.25) is 9.59 Å². The van der Waals surface area contributed by atoms with Crippen molar-refractivity contribution in [3.63, 3.8) is 0 Å². The summed E-state index contributed by atoms with van der Waals surface area (Å²) in [6.07, 6.45) is 6.51. The Balaban J connectivity index is 1.32. The van der Waals surface area contributed by atoms with Gasteiger partial charge in [-0.2, -0.15) is 0 Å². The number of rotatable bonds is 5. The third-order valence-corrected chi connectivity index (χ3v) is 5.08. The molecule has 0 saturated carbocycles. The molecule has 0 aliphatic carbocycles. The Morgan fingerprint density at radius 3 is 2.45 bits per heavy atom. The van der Waals surface area contributed by atoms with E-state index in [1.165, 1.54) is 6.08 Å². The lowest BCUT2D eigenvalue weighted by Crippen LogP contribution is -2.36. The molecule has 0 bridgehead atoms. The number of aromatic nitrogens is 1.